The average molecular weight is 285 g/mol. The van der Waals surface area contributed by atoms with Gasteiger partial charge in [-0.2, -0.15) is 0 Å². The second-order valence-electron chi connectivity index (χ2n) is 7.14. The lowest BCUT2D eigenvalue weighted by Crippen LogP contribution is -2.41. The number of hydrogen-bond donors (Lipinski definition) is 0. The lowest BCUT2D eigenvalue weighted by molar-refractivity contribution is 0.00578. The molecule has 4 rings (SSSR count). The van der Waals surface area contributed by atoms with Crippen LogP contribution < -0.4 is 5.46 Å². The van der Waals surface area contributed by atoms with E-state index in [9.17, 15) is 0 Å². The van der Waals surface area contributed by atoms with E-state index in [1.54, 1.807) is 0 Å². The van der Waals surface area contributed by atoms with E-state index in [2.05, 4.69) is 32.7 Å². The van der Waals surface area contributed by atoms with Crippen molar-refractivity contribution in [2.45, 2.75) is 57.7 Å². The molecule has 2 fully saturated rings. The molecule has 5 heteroatoms. The Kier molecular flexibility index (Phi) is 2.61. The fourth-order valence-corrected chi connectivity index (χ4v) is 2.59. The van der Waals surface area contributed by atoms with E-state index in [-0.39, 0.29) is 18.3 Å². The molecule has 2 aliphatic rings. The van der Waals surface area contributed by atoms with Crippen molar-refractivity contribution >= 4 is 23.7 Å². The van der Waals surface area contributed by atoms with Gasteiger partial charge in [-0.1, -0.05) is 6.07 Å². The summed E-state index contributed by atoms with van der Waals surface area (Å²) < 4.78 is 18.0. The minimum Gasteiger partial charge on any atom is -0.440 e. The van der Waals surface area contributed by atoms with E-state index in [0.29, 0.717) is 5.92 Å². The highest BCUT2D eigenvalue weighted by molar-refractivity contribution is 6.62. The first-order chi connectivity index (χ1) is 9.86. The molecular formula is C16H20BNO3. The number of oxazole rings is 1. The van der Waals surface area contributed by atoms with Crippen molar-refractivity contribution in [3.8, 4) is 0 Å². The molecule has 0 amide bonds. The van der Waals surface area contributed by atoms with Crippen LogP contribution in [0.5, 0.6) is 0 Å². The van der Waals surface area contributed by atoms with Gasteiger partial charge in [0.2, 0.25) is 0 Å². The lowest BCUT2D eigenvalue weighted by Gasteiger charge is -2.32. The van der Waals surface area contributed by atoms with E-state index in [0.717, 1.165) is 22.5 Å². The van der Waals surface area contributed by atoms with E-state index in [1.165, 1.54) is 12.8 Å². The number of hydrogen-bond acceptors (Lipinski definition) is 4. The summed E-state index contributed by atoms with van der Waals surface area (Å²) in [6.45, 7) is 8.24. The fourth-order valence-electron chi connectivity index (χ4n) is 2.59. The van der Waals surface area contributed by atoms with Crippen LogP contribution in [0.15, 0.2) is 22.6 Å². The third-order valence-corrected chi connectivity index (χ3v) is 4.88. The maximum atomic E-state index is 6.08. The SMILES string of the molecule is CC1(C)OB(c2ccc3nc(C4CC4)oc3c2)OC1(C)C. The van der Waals surface area contributed by atoms with Crippen LogP contribution in [0, 0.1) is 0 Å². The zero-order valence-corrected chi connectivity index (χ0v) is 13.0. The second kappa shape index (κ2) is 4.11. The minimum atomic E-state index is -0.353. The Morgan fingerprint density at radius 1 is 1.10 bits per heavy atom. The molecule has 2 aromatic rings. The molecule has 0 radical (unpaired) electrons. The first-order valence-corrected chi connectivity index (χ1v) is 7.62. The molecule has 1 saturated heterocycles. The molecule has 1 aromatic heterocycles. The standard InChI is InChI=1S/C16H20BNO3/c1-15(2)16(3,4)21-17(20-15)11-7-8-12-13(9-11)19-14(18-12)10-5-6-10/h7-10H,5-6H2,1-4H3. The molecule has 0 unspecified atom stereocenters. The van der Waals surface area contributed by atoms with Crippen LogP contribution >= 0.6 is 0 Å². The molecule has 0 spiro atoms. The van der Waals surface area contributed by atoms with Gasteiger partial charge in [0.15, 0.2) is 11.5 Å². The van der Waals surface area contributed by atoms with Crippen LogP contribution in [0.2, 0.25) is 0 Å². The minimum absolute atomic E-state index is 0.326. The molecule has 0 bridgehead atoms. The molecule has 0 atom stereocenters. The van der Waals surface area contributed by atoms with Crippen molar-refractivity contribution in [2.24, 2.45) is 0 Å². The number of fused-ring (bicyclic) bond motifs is 1. The molecule has 1 aromatic carbocycles. The number of nitrogens with zero attached hydrogens (tertiary/aromatic N) is 1. The smallest absolute Gasteiger partial charge is 0.440 e. The zero-order valence-electron chi connectivity index (χ0n) is 13.0. The van der Waals surface area contributed by atoms with Gasteiger partial charge >= 0.3 is 7.12 Å². The molecule has 4 nitrogen and oxygen atoms in total. The van der Waals surface area contributed by atoms with Crippen molar-refractivity contribution < 1.29 is 13.7 Å². The van der Waals surface area contributed by atoms with E-state index < -0.39 is 0 Å². The van der Waals surface area contributed by atoms with Crippen LogP contribution in [0.4, 0.5) is 0 Å². The second-order valence-corrected chi connectivity index (χ2v) is 7.14. The van der Waals surface area contributed by atoms with Gasteiger partial charge in [0.05, 0.1) is 11.2 Å². The highest BCUT2D eigenvalue weighted by atomic mass is 16.7. The van der Waals surface area contributed by atoms with Gasteiger partial charge in [0.25, 0.3) is 0 Å². The van der Waals surface area contributed by atoms with E-state index in [1.807, 2.05) is 18.2 Å². The van der Waals surface area contributed by atoms with Crippen LogP contribution in [0.3, 0.4) is 0 Å². The number of benzene rings is 1. The molecule has 2 heterocycles. The summed E-state index contributed by atoms with van der Waals surface area (Å²) in [4.78, 5) is 4.55. The van der Waals surface area contributed by atoms with Gasteiger partial charge in [0, 0.05) is 5.92 Å². The average Bonchev–Trinajstić information content (AvgIpc) is 3.11. The summed E-state index contributed by atoms with van der Waals surface area (Å²) in [6.07, 6.45) is 2.38. The third-order valence-electron chi connectivity index (χ3n) is 4.88. The summed E-state index contributed by atoms with van der Waals surface area (Å²) in [5.41, 5.74) is 2.07. The summed E-state index contributed by atoms with van der Waals surface area (Å²) in [7, 11) is -0.353. The largest absolute Gasteiger partial charge is 0.494 e. The zero-order chi connectivity index (χ0) is 14.8. The van der Waals surface area contributed by atoms with Gasteiger partial charge in [-0.05, 0) is 58.1 Å². The normalized spacial score (nSPS) is 23.9. The fraction of sp³-hybridized carbons (Fsp3) is 0.562. The molecular weight excluding hydrogens is 265 g/mol. The first kappa shape index (κ1) is 13.3. The Morgan fingerprint density at radius 2 is 1.76 bits per heavy atom. The quantitative estimate of drug-likeness (QED) is 0.796. The van der Waals surface area contributed by atoms with Gasteiger partial charge < -0.3 is 13.7 Å². The number of rotatable bonds is 2. The van der Waals surface area contributed by atoms with Crippen LogP contribution in [0.25, 0.3) is 11.1 Å². The van der Waals surface area contributed by atoms with Gasteiger partial charge in [-0.3, -0.25) is 0 Å². The Morgan fingerprint density at radius 3 is 2.38 bits per heavy atom. The molecule has 0 N–H and O–H groups in total. The molecule has 21 heavy (non-hydrogen) atoms. The Balaban J connectivity index is 1.68. The molecule has 110 valence electrons. The lowest BCUT2D eigenvalue weighted by atomic mass is 9.79. The third kappa shape index (κ3) is 2.10. The van der Waals surface area contributed by atoms with E-state index in [4.69, 9.17) is 13.7 Å². The summed E-state index contributed by atoms with van der Waals surface area (Å²) >= 11 is 0. The van der Waals surface area contributed by atoms with Gasteiger partial charge in [-0.15, -0.1) is 0 Å². The predicted molar refractivity (Wildman–Crippen MR) is 81.7 cm³/mol. The van der Waals surface area contributed by atoms with Crippen molar-refractivity contribution in [3.05, 3.63) is 24.1 Å². The predicted octanol–water partition coefficient (Wildman–Crippen LogP) is 3.00. The Labute approximate surface area is 125 Å². The molecule has 1 saturated carbocycles. The number of aromatic nitrogens is 1. The van der Waals surface area contributed by atoms with Crippen molar-refractivity contribution in [3.63, 3.8) is 0 Å². The summed E-state index contributed by atoms with van der Waals surface area (Å²) in [6, 6.07) is 6.01. The highest BCUT2D eigenvalue weighted by Crippen LogP contribution is 2.40. The summed E-state index contributed by atoms with van der Waals surface area (Å²) in [5.74, 6) is 1.40. The molecule has 1 aliphatic heterocycles. The maximum Gasteiger partial charge on any atom is 0.494 e. The Hall–Kier alpha value is -1.33. The van der Waals surface area contributed by atoms with Crippen molar-refractivity contribution in [1.82, 2.24) is 4.98 Å². The summed E-state index contributed by atoms with van der Waals surface area (Å²) in [5, 5.41) is 0. The Bertz CT molecular complexity index is 687. The topological polar surface area (TPSA) is 44.5 Å². The van der Waals surface area contributed by atoms with Crippen molar-refractivity contribution in [1.29, 1.82) is 0 Å². The van der Waals surface area contributed by atoms with Gasteiger partial charge in [-0.25, -0.2) is 4.98 Å². The highest BCUT2D eigenvalue weighted by Gasteiger charge is 2.51. The monoisotopic (exact) mass is 285 g/mol. The van der Waals surface area contributed by atoms with E-state index >= 15 is 0 Å². The van der Waals surface area contributed by atoms with Crippen LogP contribution in [-0.2, 0) is 9.31 Å². The van der Waals surface area contributed by atoms with Crippen LogP contribution in [0.1, 0.15) is 52.3 Å². The van der Waals surface area contributed by atoms with Gasteiger partial charge in [0.1, 0.15) is 5.52 Å². The first-order valence-electron chi connectivity index (χ1n) is 7.62. The van der Waals surface area contributed by atoms with Crippen LogP contribution in [-0.4, -0.2) is 23.3 Å². The molecule has 1 aliphatic carbocycles. The van der Waals surface area contributed by atoms with Crippen molar-refractivity contribution in [2.75, 3.05) is 0 Å². The maximum absolute atomic E-state index is 6.08.